The third kappa shape index (κ3) is 2.88. The van der Waals surface area contributed by atoms with E-state index in [2.05, 4.69) is 5.10 Å². The van der Waals surface area contributed by atoms with Crippen LogP contribution in [0.2, 0.25) is 5.02 Å². The lowest BCUT2D eigenvalue weighted by Gasteiger charge is -2.06. The highest BCUT2D eigenvalue weighted by atomic mass is 35.5. The van der Waals surface area contributed by atoms with E-state index in [4.69, 9.17) is 22.1 Å². The topological polar surface area (TPSA) is 70.1 Å². The van der Waals surface area contributed by atoms with Gasteiger partial charge in [-0.3, -0.25) is 0 Å². The fourth-order valence-corrected chi connectivity index (χ4v) is 1.78. The van der Waals surface area contributed by atoms with Crippen LogP contribution in [0, 0.1) is 0 Å². The maximum Gasteiger partial charge on any atom is 0.364 e. The number of carbonyl (C=O) groups is 1. The highest BCUT2D eigenvalue weighted by Crippen LogP contribution is 2.24. The molecule has 0 saturated carbocycles. The molecule has 0 atom stereocenters. The summed E-state index contributed by atoms with van der Waals surface area (Å²) in [6.07, 6.45) is 0. The van der Waals surface area contributed by atoms with Gasteiger partial charge in [0.25, 0.3) is 0 Å². The number of esters is 1. The normalized spacial score (nSPS) is 10.7. The van der Waals surface area contributed by atoms with Crippen molar-refractivity contribution in [3.63, 3.8) is 0 Å². The van der Waals surface area contributed by atoms with Gasteiger partial charge in [0.15, 0.2) is 5.69 Å². The summed E-state index contributed by atoms with van der Waals surface area (Å²) in [6, 6.07) is 8.30. The van der Waals surface area contributed by atoms with Gasteiger partial charge in [-0.05, 0) is 26.0 Å². The SMILES string of the molecule is CC(C)n1nc(C(=O)Oc2ccccc2Cl)cc1N. The zero-order chi connectivity index (χ0) is 14.0. The molecule has 0 saturated heterocycles. The molecule has 0 unspecified atom stereocenters. The van der Waals surface area contributed by atoms with E-state index in [-0.39, 0.29) is 11.7 Å². The van der Waals surface area contributed by atoms with Gasteiger partial charge in [-0.25, -0.2) is 9.48 Å². The van der Waals surface area contributed by atoms with Crippen LogP contribution in [0.3, 0.4) is 0 Å². The highest BCUT2D eigenvalue weighted by molar-refractivity contribution is 6.32. The molecule has 0 spiro atoms. The quantitative estimate of drug-likeness (QED) is 0.693. The third-order valence-electron chi connectivity index (χ3n) is 2.50. The molecule has 1 aromatic heterocycles. The van der Waals surface area contributed by atoms with Crippen LogP contribution >= 0.6 is 11.6 Å². The second-order valence-corrected chi connectivity index (χ2v) is 4.72. The van der Waals surface area contributed by atoms with E-state index in [1.807, 2.05) is 13.8 Å². The molecule has 19 heavy (non-hydrogen) atoms. The number of nitrogens with zero attached hydrogens (tertiary/aromatic N) is 2. The lowest BCUT2D eigenvalue weighted by atomic mass is 10.3. The van der Waals surface area contributed by atoms with Crippen LogP contribution < -0.4 is 10.5 Å². The zero-order valence-electron chi connectivity index (χ0n) is 10.6. The molecule has 1 heterocycles. The number of ether oxygens (including phenoxy) is 1. The minimum Gasteiger partial charge on any atom is -0.420 e. The number of aromatic nitrogens is 2. The molecule has 0 amide bonds. The molecule has 5 nitrogen and oxygen atoms in total. The van der Waals surface area contributed by atoms with Gasteiger partial charge in [-0.1, -0.05) is 23.7 Å². The van der Waals surface area contributed by atoms with Crippen LogP contribution in [0.15, 0.2) is 30.3 Å². The molecule has 6 heteroatoms. The molecule has 100 valence electrons. The monoisotopic (exact) mass is 279 g/mol. The Kier molecular flexibility index (Phi) is 3.76. The fraction of sp³-hybridized carbons (Fsp3) is 0.231. The predicted octanol–water partition coefficient (Wildman–Crippen LogP) is 2.92. The van der Waals surface area contributed by atoms with Gasteiger partial charge in [0, 0.05) is 12.1 Å². The number of carbonyl (C=O) groups excluding carboxylic acids is 1. The molecule has 1 aromatic carbocycles. The number of halogens is 1. The standard InChI is InChI=1S/C13H14ClN3O2/c1-8(2)17-12(15)7-10(16-17)13(18)19-11-6-4-3-5-9(11)14/h3-8H,15H2,1-2H3. The van der Waals surface area contributed by atoms with Crippen LogP contribution in [0.1, 0.15) is 30.4 Å². The first kappa shape index (κ1) is 13.4. The lowest BCUT2D eigenvalue weighted by Crippen LogP contribution is -2.11. The van der Waals surface area contributed by atoms with Crippen molar-refractivity contribution in [3.05, 3.63) is 41.0 Å². The summed E-state index contributed by atoms with van der Waals surface area (Å²) in [5.41, 5.74) is 5.93. The van der Waals surface area contributed by atoms with E-state index in [9.17, 15) is 4.79 Å². The largest absolute Gasteiger partial charge is 0.420 e. The summed E-state index contributed by atoms with van der Waals surface area (Å²) < 4.78 is 6.74. The van der Waals surface area contributed by atoms with Crippen molar-refractivity contribution < 1.29 is 9.53 Å². The summed E-state index contributed by atoms with van der Waals surface area (Å²) in [4.78, 5) is 11.9. The van der Waals surface area contributed by atoms with E-state index in [0.29, 0.717) is 16.6 Å². The first-order valence-corrected chi connectivity index (χ1v) is 6.18. The Morgan fingerprint density at radius 2 is 2.11 bits per heavy atom. The first-order valence-electron chi connectivity index (χ1n) is 5.80. The first-order chi connectivity index (χ1) is 8.99. The van der Waals surface area contributed by atoms with Gasteiger partial charge in [-0.2, -0.15) is 5.10 Å². The number of hydrogen-bond acceptors (Lipinski definition) is 4. The smallest absolute Gasteiger partial charge is 0.364 e. The van der Waals surface area contributed by atoms with Crippen molar-refractivity contribution in [2.75, 3.05) is 5.73 Å². The molecule has 2 N–H and O–H groups in total. The van der Waals surface area contributed by atoms with E-state index >= 15 is 0 Å². The third-order valence-corrected chi connectivity index (χ3v) is 2.81. The van der Waals surface area contributed by atoms with Gasteiger partial charge in [0.05, 0.1) is 5.02 Å². The maximum atomic E-state index is 11.9. The lowest BCUT2D eigenvalue weighted by molar-refractivity contribution is 0.0727. The fourth-order valence-electron chi connectivity index (χ4n) is 1.60. The van der Waals surface area contributed by atoms with Gasteiger partial charge >= 0.3 is 5.97 Å². The van der Waals surface area contributed by atoms with Crippen LogP contribution in [-0.4, -0.2) is 15.7 Å². The van der Waals surface area contributed by atoms with E-state index in [1.54, 1.807) is 28.9 Å². The number of nitrogen functional groups attached to an aromatic ring is 1. The minimum absolute atomic E-state index is 0.0712. The number of para-hydroxylation sites is 1. The summed E-state index contributed by atoms with van der Waals surface area (Å²) in [7, 11) is 0. The van der Waals surface area contributed by atoms with Gasteiger partial charge in [-0.15, -0.1) is 0 Å². The predicted molar refractivity (Wildman–Crippen MR) is 73.4 cm³/mol. The Labute approximate surface area is 115 Å². The van der Waals surface area contributed by atoms with Crippen molar-refractivity contribution in [2.45, 2.75) is 19.9 Å². The Balaban J connectivity index is 2.21. The van der Waals surface area contributed by atoms with Gasteiger partial charge < -0.3 is 10.5 Å². The number of anilines is 1. The van der Waals surface area contributed by atoms with E-state index in [0.717, 1.165) is 0 Å². The van der Waals surface area contributed by atoms with E-state index < -0.39 is 5.97 Å². The molecule has 2 aromatic rings. The number of rotatable bonds is 3. The number of benzene rings is 1. The maximum absolute atomic E-state index is 11.9. The van der Waals surface area contributed by atoms with Crippen molar-refractivity contribution in [3.8, 4) is 5.75 Å². The molecule has 0 bridgehead atoms. The average Bonchev–Trinajstić information content (AvgIpc) is 2.74. The molecular formula is C13H14ClN3O2. The van der Waals surface area contributed by atoms with Crippen molar-refractivity contribution >= 4 is 23.4 Å². The Morgan fingerprint density at radius 3 is 2.68 bits per heavy atom. The van der Waals surface area contributed by atoms with Crippen LogP contribution in [0.25, 0.3) is 0 Å². The van der Waals surface area contributed by atoms with Crippen molar-refractivity contribution in [1.29, 1.82) is 0 Å². The summed E-state index contributed by atoms with van der Waals surface area (Å²) in [5, 5.41) is 4.48. The summed E-state index contributed by atoms with van der Waals surface area (Å²) >= 11 is 5.92. The molecule has 0 radical (unpaired) electrons. The van der Waals surface area contributed by atoms with Gasteiger partial charge in [0.2, 0.25) is 0 Å². The molecule has 0 aliphatic heterocycles. The second kappa shape index (κ2) is 5.32. The minimum atomic E-state index is -0.584. The second-order valence-electron chi connectivity index (χ2n) is 4.31. The Bertz CT molecular complexity index is 608. The average molecular weight is 280 g/mol. The molecule has 0 aliphatic rings. The molecule has 0 aliphatic carbocycles. The number of hydrogen-bond donors (Lipinski definition) is 1. The van der Waals surface area contributed by atoms with Crippen LogP contribution in [0.5, 0.6) is 5.75 Å². The van der Waals surface area contributed by atoms with Crippen LogP contribution in [-0.2, 0) is 0 Å². The Hall–Kier alpha value is -2.01. The van der Waals surface area contributed by atoms with Crippen molar-refractivity contribution in [1.82, 2.24) is 9.78 Å². The van der Waals surface area contributed by atoms with E-state index in [1.165, 1.54) is 6.07 Å². The molecule has 2 rings (SSSR count). The van der Waals surface area contributed by atoms with Gasteiger partial charge in [0.1, 0.15) is 11.6 Å². The zero-order valence-corrected chi connectivity index (χ0v) is 11.4. The van der Waals surface area contributed by atoms with Crippen molar-refractivity contribution in [2.24, 2.45) is 0 Å². The molecule has 0 fully saturated rings. The number of nitrogens with two attached hydrogens (primary N) is 1. The summed E-state index contributed by atoms with van der Waals surface area (Å²) in [5.74, 6) is 0.132. The summed E-state index contributed by atoms with van der Waals surface area (Å²) in [6.45, 7) is 3.85. The molecular weight excluding hydrogens is 266 g/mol. The Morgan fingerprint density at radius 1 is 1.42 bits per heavy atom. The highest BCUT2D eigenvalue weighted by Gasteiger charge is 2.17. The van der Waals surface area contributed by atoms with Crippen LogP contribution in [0.4, 0.5) is 5.82 Å².